The number of hydrogen-bond donors (Lipinski definition) is 1. The predicted octanol–water partition coefficient (Wildman–Crippen LogP) is 4.29. The summed E-state index contributed by atoms with van der Waals surface area (Å²) in [7, 11) is 0. The Labute approximate surface area is 161 Å². The molecule has 1 unspecified atom stereocenters. The molecule has 1 aromatic carbocycles. The lowest BCUT2D eigenvalue weighted by Gasteiger charge is -2.15. The van der Waals surface area contributed by atoms with Crippen molar-refractivity contribution in [3.8, 4) is 0 Å². The van der Waals surface area contributed by atoms with Crippen molar-refractivity contribution in [1.82, 2.24) is 15.3 Å². The quantitative estimate of drug-likeness (QED) is 0.876. The van der Waals surface area contributed by atoms with Crippen molar-refractivity contribution in [2.75, 3.05) is 19.8 Å². The molecule has 2 fully saturated rings. The Balaban J connectivity index is 0.000000253. The van der Waals surface area contributed by atoms with Gasteiger partial charge in [-0.2, -0.15) is 0 Å². The molecule has 27 heavy (non-hydrogen) atoms. The Morgan fingerprint density at radius 2 is 2.04 bits per heavy atom. The zero-order valence-electron chi connectivity index (χ0n) is 16.5. The van der Waals surface area contributed by atoms with Crippen LogP contribution in [0.25, 0.3) is 10.9 Å². The molecule has 1 atom stereocenters. The molecule has 0 bridgehead atoms. The molecule has 4 rings (SSSR count). The molecule has 0 spiro atoms. The van der Waals surface area contributed by atoms with Crippen molar-refractivity contribution in [2.24, 2.45) is 11.8 Å². The fourth-order valence-corrected chi connectivity index (χ4v) is 3.71. The normalized spacial score (nSPS) is 20.1. The van der Waals surface area contributed by atoms with Crippen LogP contribution in [0.5, 0.6) is 0 Å². The highest BCUT2D eigenvalue weighted by molar-refractivity contribution is 6.05. The van der Waals surface area contributed by atoms with Gasteiger partial charge in [-0.15, -0.1) is 0 Å². The Kier molecular flexibility index (Phi) is 7.16. The van der Waals surface area contributed by atoms with Crippen LogP contribution in [0, 0.1) is 18.8 Å². The van der Waals surface area contributed by atoms with Crippen molar-refractivity contribution < 1.29 is 9.53 Å². The van der Waals surface area contributed by atoms with Crippen molar-refractivity contribution >= 4 is 16.8 Å². The highest BCUT2D eigenvalue weighted by atomic mass is 16.5. The van der Waals surface area contributed by atoms with E-state index in [1.807, 2.05) is 19.1 Å². The summed E-state index contributed by atoms with van der Waals surface area (Å²) in [6.45, 7) is 6.36. The van der Waals surface area contributed by atoms with E-state index >= 15 is 0 Å². The molecule has 1 aliphatic heterocycles. The minimum atomic E-state index is -0.0828. The first-order valence-corrected chi connectivity index (χ1v) is 10.2. The Morgan fingerprint density at radius 3 is 2.70 bits per heavy atom. The molecular formula is C22H31N3O2. The topological polar surface area (TPSA) is 64.1 Å². The number of carbonyl (C=O) groups excluding carboxylic acids is 1. The molecular weight excluding hydrogens is 338 g/mol. The Bertz CT molecular complexity index is 750. The van der Waals surface area contributed by atoms with Gasteiger partial charge < -0.3 is 10.1 Å². The Hall–Kier alpha value is -2.01. The molecule has 0 radical (unpaired) electrons. The number of ether oxygens (including phenoxy) is 1. The van der Waals surface area contributed by atoms with E-state index in [9.17, 15) is 4.79 Å². The highest BCUT2D eigenvalue weighted by Crippen LogP contribution is 2.22. The lowest BCUT2D eigenvalue weighted by molar-refractivity contribution is 0.0946. The van der Waals surface area contributed by atoms with Crippen molar-refractivity contribution in [1.29, 1.82) is 0 Å². The Morgan fingerprint density at radius 1 is 1.22 bits per heavy atom. The summed E-state index contributed by atoms with van der Waals surface area (Å²) in [4.78, 5) is 20.9. The van der Waals surface area contributed by atoms with Gasteiger partial charge in [-0.1, -0.05) is 51.2 Å². The summed E-state index contributed by atoms with van der Waals surface area (Å²) in [6, 6.07) is 5.57. The maximum atomic E-state index is 12.3. The third-order valence-electron chi connectivity index (χ3n) is 5.45. The van der Waals surface area contributed by atoms with E-state index in [0.717, 1.165) is 30.9 Å². The second kappa shape index (κ2) is 9.79. The van der Waals surface area contributed by atoms with E-state index in [1.165, 1.54) is 32.1 Å². The monoisotopic (exact) mass is 369 g/mol. The molecule has 2 aliphatic rings. The number of aromatic nitrogens is 2. The fraction of sp³-hybridized carbons (Fsp3) is 0.591. The standard InChI is InChI=1S/C15H17N3O2.C7H14/c1-10-16-8-12-3-2-4-13(14(12)18-10)15(19)17-7-11-5-6-20-9-11;1-7-5-3-2-4-6-7/h2-4,8,11H,5-7,9H2,1H3,(H,17,19);7H,2-6H2,1H3. The van der Waals surface area contributed by atoms with E-state index in [2.05, 4.69) is 22.2 Å². The van der Waals surface area contributed by atoms with Crippen molar-refractivity contribution in [2.45, 2.75) is 52.4 Å². The van der Waals surface area contributed by atoms with E-state index in [4.69, 9.17) is 4.74 Å². The van der Waals surface area contributed by atoms with Gasteiger partial charge in [-0.25, -0.2) is 9.97 Å². The molecule has 1 N–H and O–H groups in total. The molecule has 2 aromatic rings. The van der Waals surface area contributed by atoms with Crippen LogP contribution in [-0.4, -0.2) is 35.6 Å². The number of nitrogens with one attached hydrogen (secondary N) is 1. The summed E-state index contributed by atoms with van der Waals surface area (Å²) in [5.41, 5.74) is 1.31. The first-order chi connectivity index (χ1) is 13.1. The third-order valence-corrected chi connectivity index (χ3v) is 5.45. The number of hydrogen-bond acceptors (Lipinski definition) is 4. The number of rotatable bonds is 3. The largest absolute Gasteiger partial charge is 0.381 e. The van der Waals surface area contributed by atoms with Gasteiger partial charge >= 0.3 is 0 Å². The lowest BCUT2D eigenvalue weighted by atomic mass is 9.91. The average molecular weight is 370 g/mol. The van der Waals surface area contributed by atoms with Gasteiger partial charge in [0.2, 0.25) is 0 Å². The SMILES string of the molecule is CC1CCCCC1.Cc1ncc2cccc(C(=O)NCC3CCOC3)c2n1. The predicted molar refractivity (Wildman–Crippen MR) is 108 cm³/mol. The number of nitrogens with zero attached hydrogens (tertiary/aromatic N) is 2. The second-order valence-corrected chi connectivity index (χ2v) is 7.84. The van der Waals surface area contributed by atoms with Gasteiger partial charge in [-0.05, 0) is 25.3 Å². The van der Waals surface area contributed by atoms with Gasteiger partial charge in [0.05, 0.1) is 17.7 Å². The minimum Gasteiger partial charge on any atom is -0.381 e. The number of carbonyl (C=O) groups is 1. The molecule has 5 heteroatoms. The highest BCUT2D eigenvalue weighted by Gasteiger charge is 2.18. The molecule has 2 heterocycles. The minimum absolute atomic E-state index is 0.0828. The number of aryl methyl sites for hydroxylation is 1. The van der Waals surface area contributed by atoms with Gasteiger partial charge in [0.1, 0.15) is 5.82 Å². The third kappa shape index (κ3) is 5.73. The van der Waals surface area contributed by atoms with E-state index < -0.39 is 0 Å². The summed E-state index contributed by atoms with van der Waals surface area (Å²) >= 11 is 0. The van der Waals surface area contributed by atoms with E-state index in [1.54, 1.807) is 12.3 Å². The average Bonchev–Trinajstić information content (AvgIpc) is 3.20. The van der Waals surface area contributed by atoms with Crippen LogP contribution in [0.1, 0.15) is 61.6 Å². The van der Waals surface area contributed by atoms with Crippen LogP contribution in [0.2, 0.25) is 0 Å². The van der Waals surface area contributed by atoms with Gasteiger partial charge in [0, 0.05) is 30.7 Å². The summed E-state index contributed by atoms with van der Waals surface area (Å²) in [5.74, 6) is 2.04. The summed E-state index contributed by atoms with van der Waals surface area (Å²) < 4.78 is 5.31. The molecule has 146 valence electrons. The summed E-state index contributed by atoms with van der Waals surface area (Å²) in [5, 5.41) is 3.86. The van der Waals surface area contributed by atoms with Crippen LogP contribution in [-0.2, 0) is 4.74 Å². The molecule has 1 saturated heterocycles. The van der Waals surface area contributed by atoms with Crippen LogP contribution in [0.4, 0.5) is 0 Å². The number of para-hydroxylation sites is 1. The molecule has 1 aromatic heterocycles. The maximum Gasteiger partial charge on any atom is 0.253 e. The number of amides is 1. The lowest BCUT2D eigenvalue weighted by Crippen LogP contribution is -2.29. The van der Waals surface area contributed by atoms with Gasteiger partial charge in [0.15, 0.2) is 0 Å². The molecule has 5 nitrogen and oxygen atoms in total. The van der Waals surface area contributed by atoms with Gasteiger partial charge in [0.25, 0.3) is 5.91 Å². The molecule has 1 saturated carbocycles. The smallest absolute Gasteiger partial charge is 0.253 e. The summed E-state index contributed by atoms with van der Waals surface area (Å²) in [6.07, 6.45) is 10.2. The fourth-order valence-electron chi connectivity index (χ4n) is 3.71. The van der Waals surface area contributed by atoms with Crippen LogP contribution >= 0.6 is 0 Å². The van der Waals surface area contributed by atoms with Crippen molar-refractivity contribution in [3.63, 3.8) is 0 Å². The maximum absolute atomic E-state index is 12.3. The van der Waals surface area contributed by atoms with Crippen LogP contribution in [0.3, 0.4) is 0 Å². The van der Waals surface area contributed by atoms with Crippen molar-refractivity contribution in [3.05, 3.63) is 35.8 Å². The molecule has 1 aliphatic carbocycles. The zero-order valence-corrected chi connectivity index (χ0v) is 16.5. The first kappa shape index (κ1) is 19.7. The molecule has 1 amide bonds. The first-order valence-electron chi connectivity index (χ1n) is 10.2. The second-order valence-electron chi connectivity index (χ2n) is 7.84. The van der Waals surface area contributed by atoms with Gasteiger partial charge in [-0.3, -0.25) is 4.79 Å². The van der Waals surface area contributed by atoms with E-state index in [0.29, 0.717) is 29.4 Å². The van der Waals surface area contributed by atoms with E-state index in [-0.39, 0.29) is 5.91 Å². The number of benzene rings is 1. The van der Waals surface area contributed by atoms with Crippen LogP contribution < -0.4 is 5.32 Å². The number of fused-ring (bicyclic) bond motifs is 1. The van der Waals surface area contributed by atoms with Crippen LogP contribution in [0.15, 0.2) is 24.4 Å². The zero-order chi connectivity index (χ0) is 19.1.